The third-order valence-electron chi connectivity index (χ3n) is 5.42. The molecular formula is C21H21F3N4O. The van der Waals surface area contributed by atoms with Crippen molar-refractivity contribution in [1.29, 1.82) is 0 Å². The number of halogens is 3. The molecule has 0 spiro atoms. The van der Waals surface area contributed by atoms with Gasteiger partial charge in [0.1, 0.15) is 5.56 Å². The summed E-state index contributed by atoms with van der Waals surface area (Å²) in [6.45, 7) is 2.61. The smallest absolute Gasteiger partial charge is 0.336 e. The molecule has 29 heavy (non-hydrogen) atoms. The SMILES string of the molecule is CCC1CCCCN1C(=O)c1cnn2c(C(F)(F)F)cc(-c3ccccc3)nc12. The highest BCUT2D eigenvalue weighted by atomic mass is 19.4. The van der Waals surface area contributed by atoms with E-state index in [2.05, 4.69) is 10.1 Å². The van der Waals surface area contributed by atoms with E-state index >= 15 is 0 Å². The maximum Gasteiger partial charge on any atom is 0.433 e. The van der Waals surface area contributed by atoms with Gasteiger partial charge in [0.15, 0.2) is 11.3 Å². The van der Waals surface area contributed by atoms with Gasteiger partial charge in [-0.25, -0.2) is 9.50 Å². The molecule has 2 aromatic heterocycles. The first kappa shape index (κ1) is 19.4. The standard InChI is InChI=1S/C21H21F3N4O/c1-2-15-10-6-7-11-27(15)20(29)16-13-25-28-18(21(22,23)24)12-17(26-19(16)28)14-8-4-3-5-9-14/h3-5,8-9,12-13,15H,2,6-7,10-11H2,1H3. The van der Waals surface area contributed by atoms with Gasteiger partial charge in [0, 0.05) is 18.2 Å². The molecule has 1 atom stereocenters. The van der Waals surface area contributed by atoms with Crippen LogP contribution in [0.2, 0.25) is 0 Å². The number of benzene rings is 1. The Morgan fingerprint density at radius 2 is 1.97 bits per heavy atom. The van der Waals surface area contributed by atoms with Crippen molar-refractivity contribution in [3.63, 3.8) is 0 Å². The monoisotopic (exact) mass is 402 g/mol. The molecule has 1 aliphatic rings. The van der Waals surface area contributed by atoms with E-state index in [1.54, 1.807) is 35.2 Å². The molecule has 5 nitrogen and oxygen atoms in total. The molecule has 3 aromatic rings. The molecule has 0 bridgehead atoms. The lowest BCUT2D eigenvalue weighted by Gasteiger charge is -2.35. The van der Waals surface area contributed by atoms with Gasteiger partial charge in [0.05, 0.1) is 11.9 Å². The number of piperidine rings is 1. The predicted molar refractivity (Wildman–Crippen MR) is 102 cm³/mol. The zero-order valence-corrected chi connectivity index (χ0v) is 16.0. The van der Waals surface area contributed by atoms with Crippen LogP contribution in [0.4, 0.5) is 13.2 Å². The first-order valence-electron chi connectivity index (χ1n) is 9.72. The second-order valence-corrected chi connectivity index (χ2v) is 7.24. The summed E-state index contributed by atoms with van der Waals surface area (Å²) in [5.41, 5.74) is -0.209. The van der Waals surface area contributed by atoms with E-state index in [0.29, 0.717) is 12.1 Å². The third-order valence-corrected chi connectivity index (χ3v) is 5.42. The summed E-state index contributed by atoms with van der Waals surface area (Å²) in [5, 5.41) is 3.87. The Kier molecular flexibility index (Phi) is 5.02. The highest BCUT2D eigenvalue weighted by molar-refractivity contribution is 6.00. The van der Waals surface area contributed by atoms with Crippen LogP contribution in [0.25, 0.3) is 16.9 Å². The van der Waals surface area contributed by atoms with Crippen molar-refractivity contribution in [2.45, 2.75) is 44.8 Å². The Morgan fingerprint density at radius 1 is 1.21 bits per heavy atom. The number of fused-ring (bicyclic) bond motifs is 1. The average Bonchev–Trinajstić information content (AvgIpc) is 3.16. The maximum absolute atomic E-state index is 13.7. The summed E-state index contributed by atoms with van der Waals surface area (Å²) in [6.07, 6.45) is 0.215. The summed E-state index contributed by atoms with van der Waals surface area (Å²) in [6, 6.07) is 9.68. The van der Waals surface area contributed by atoms with E-state index in [0.717, 1.165) is 36.3 Å². The van der Waals surface area contributed by atoms with Gasteiger partial charge in [-0.15, -0.1) is 0 Å². The highest BCUT2D eigenvalue weighted by Gasteiger charge is 2.37. The number of aromatic nitrogens is 3. The largest absolute Gasteiger partial charge is 0.433 e. The Hall–Kier alpha value is -2.90. The lowest BCUT2D eigenvalue weighted by atomic mass is 9.99. The van der Waals surface area contributed by atoms with Crippen molar-refractivity contribution in [3.05, 3.63) is 53.9 Å². The second kappa shape index (κ2) is 7.50. The molecular weight excluding hydrogens is 381 g/mol. The van der Waals surface area contributed by atoms with Crippen LogP contribution in [0.1, 0.15) is 48.7 Å². The first-order valence-corrected chi connectivity index (χ1v) is 9.72. The normalized spacial score (nSPS) is 17.7. The molecule has 8 heteroatoms. The minimum absolute atomic E-state index is 0.0656. The zero-order valence-electron chi connectivity index (χ0n) is 16.0. The van der Waals surface area contributed by atoms with Gasteiger partial charge >= 0.3 is 6.18 Å². The van der Waals surface area contributed by atoms with Crippen LogP contribution in [-0.2, 0) is 6.18 Å². The van der Waals surface area contributed by atoms with E-state index in [9.17, 15) is 18.0 Å². The highest BCUT2D eigenvalue weighted by Crippen LogP contribution is 2.33. The number of nitrogens with zero attached hydrogens (tertiary/aromatic N) is 4. The molecule has 0 radical (unpaired) electrons. The van der Waals surface area contributed by atoms with Gasteiger partial charge < -0.3 is 4.90 Å². The lowest BCUT2D eigenvalue weighted by Crippen LogP contribution is -2.43. The summed E-state index contributed by atoms with van der Waals surface area (Å²) in [7, 11) is 0. The molecule has 1 unspecified atom stereocenters. The fraction of sp³-hybridized carbons (Fsp3) is 0.381. The molecule has 0 saturated carbocycles. The molecule has 0 aliphatic carbocycles. The fourth-order valence-electron chi connectivity index (χ4n) is 3.92. The van der Waals surface area contributed by atoms with Crippen molar-refractivity contribution >= 4 is 11.6 Å². The fourth-order valence-corrected chi connectivity index (χ4v) is 3.92. The van der Waals surface area contributed by atoms with Gasteiger partial charge in [-0.05, 0) is 31.7 Å². The van der Waals surface area contributed by atoms with E-state index in [-0.39, 0.29) is 28.9 Å². The maximum atomic E-state index is 13.7. The van der Waals surface area contributed by atoms with Crippen LogP contribution in [0.15, 0.2) is 42.6 Å². The number of rotatable bonds is 3. The van der Waals surface area contributed by atoms with Gasteiger partial charge in [0.25, 0.3) is 5.91 Å². The average molecular weight is 402 g/mol. The van der Waals surface area contributed by atoms with Crippen LogP contribution in [0, 0.1) is 0 Å². The number of hydrogen-bond acceptors (Lipinski definition) is 3. The molecule has 1 aliphatic heterocycles. The van der Waals surface area contributed by atoms with Gasteiger partial charge in [0.2, 0.25) is 0 Å². The van der Waals surface area contributed by atoms with Crippen LogP contribution in [0.5, 0.6) is 0 Å². The Labute approximate surface area is 166 Å². The molecule has 4 rings (SSSR count). The van der Waals surface area contributed by atoms with E-state index in [1.807, 2.05) is 6.92 Å². The lowest BCUT2D eigenvalue weighted by molar-refractivity contribution is -0.142. The Balaban J connectivity index is 1.87. The minimum atomic E-state index is -4.63. The van der Waals surface area contributed by atoms with Crippen molar-refractivity contribution < 1.29 is 18.0 Å². The number of carbonyl (C=O) groups excluding carboxylic acids is 1. The van der Waals surface area contributed by atoms with Crippen LogP contribution in [-0.4, -0.2) is 38.0 Å². The van der Waals surface area contributed by atoms with E-state index in [4.69, 9.17) is 0 Å². The number of likely N-dealkylation sites (tertiary alicyclic amines) is 1. The van der Waals surface area contributed by atoms with Crippen molar-refractivity contribution in [1.82, 2.24) is 19.5 Å². The third kappa shape index (κ3) is 3.59. The van der Waals surface area contributed by atoms with Crippen molar-refractivity contribution in [2.24, 2.45) is 0 Å². The van der Waals surface area contributed by atoms with Crippen LogP contribution < -0.4 is 0 Å². The number of carbonyl (C=O) groups is 1. The first-order chi connectivity index (χ1) is 13.9. The minimum Gasteiger partial charge on any atom is -0.336 e. The van der Waals surface area contributed by atoms with Gasteiger partial charge in [-0.3, -0.25) is 4.79 Å². The number of alkyl halides is 3. The zero-order chi connectivity index (χ0) is 20.6. The van der Waals surface area contributed by atoms with E-state index < -0.39 is 11.9 Å². The molecule has 1 fully saturated rings. The van der Waals surface area contributed by atoms with Crippen LogP contribution >= 0.6 is 0 Å². The van der Waals surface area contributed by atoms with Crippen molar-refractivity contribution in [3.8, 4) is 11.3 Å². The molecule has 0 N–H and O–H groups in total. The Bertz CT molecular complexity index is 1030. The summed E-state index contributed by atoms with van der Waals surface area (Å²) < 4.78 is 41.9. The van der Waals surface area contributed by atoms with Crippen molar-refractivity contribution in [2.75, 3.05) is 6.54 Å². The van der Waals surface area contributed by atoms with Gasteiger partial charge in [-0.1, -0.05) is 37.3 Å². The topological polar surface area (TPSA) is 50.5 Å². The van der Waals surface area contributed by atoms with Crippen LogP contribution in [0.3, 0.4) is 0 Å². The molecule has 1 aromatic carbocycles. The molecule has 152 valence electrons. The quantitative estimate of drug-likeness (QED) is 0.631. The summed E-state index contributed by atoms with van der Waals surface area (Å²) in [4.78, 5) is 19.4. The van der Waals surface area contributed by atoms with Gasteiger partial charge in [-0.2, -0.15) is 18.3 Å². The molecule has 1 saturated heterocycles. The summed E-state index contributed by atoms with van der Waals surface area (Å²) in [5.74, 6) is -0.308. The molecule has 1 amide bonds. The number of hydrogen-bond donors (Lipinski definition) is 0. The molecule has 3 heterocycles. The number of amides is 1. The predicted octanol–water partition coefficient (Wildman–Crippen LogP) is 4.82. The summed E-state index contributed by atoms with van der Waals surface area (Å²) >= 11 is 0. The second-order valence-electron chi connectivity index (χ2n) is 7.24. The Morgan fingerprint density at radius 3 is 2.66 bits per heavy atom. The van der Waals surface area contributed by atoms with E-state index in [1.165, 1.54) is 6.20 Å².